The minimum atomic E-state index is -0.141. The molecule has 0 bridgehead atoms. The van der Waals surface area contributed by atoms with E-state index in [0.717, 1.165) is 30.7 Å². The number of thiophene rings is 2. The number of hydrogen-bond donors (Lipinski definition) is 2. The van der Waals surface area contributed by atoms with Crippen LogP contribution in [0.5, 0.6) is 0 Å². The van der Waals surface area contributed by atoms with E-state index in [4.69, 9.17) is 0 Å². The van der Waals surface area contributed by atoms with Crippen LogP contribution in [0.15, 0.2) is 22.7 Å². The molecular formula is C19H19N5OS3. The van der Waals surface area contributed by atoms with Gasteiger partial charge in [0.25, 0.3) is 0 Å². The third-order valence-electron chi connectivity index (χ3n) is 4.64. The van der Waals surface area contributed by atoms with E-state index in [1.165, 1.54) is 21.5 Å². The van der Waals surface area contributed by atoms with Crippen molar-refractivity contribution in [2.24, 2.45) is 5.92 Å². The van der Waals surface area contributed by atoms with Gasteiger partial charge in [-0.05, 0) is 42.2 Å². The third kappa shape index (κ3) is 4.29. The van der Waals surface area contributed by atoms with Gasteiger partial charge in [0.05, 0.1) is 11.3 Å². The van der Waals surface area contributed by atoms with Crippen molar-refractivity contribution in [2.75, 3.05) is 11.1 Å². The summed E-state index contributed by atoms with van der Waals surface area (Å²) in [5.74, 6) is 1.49. The number of anilines is 1. The number of fused-ring (bicyclic) bond motifs is 1. The smallest absolute Gasteiger partial charge is 0.235 e. The molecule has 0 fully saturated rings. The molecule has 1 aliphatic carbocycles. The van der Waals surface area contributed by atoms with Crippen LogP contribution < -0.4 is 5.32 Å². The molecule has 3 aromatic rings. The summed E-state index contributed by atoms with van der Waals surface area (Å²) in [6.07, 6.45) is 3.72. The molecule has 28 heavy (non-hydrogen) atoms. The Morgan fingerprint density at radius 2 is 2.43 bits per heavy atom. The number of aromatic amines is 1. The molecular weight excluding hydrogens is 410 g/mol. The summed E-state index contributed by atoms with van der Waals surface area (Å²) >= 11 is 4.51. The normalized spacial score (nSPS) is 15.8. The number of hydrogen-bond acceptors (Lipinski definition) is 7. The molecule has 0 saturated heterocycles. The maximum Gasteiger partial charge on any atom is 0.235 e. The topological polar surface area (TPSA) is 94.5 Å². The molecule has 1 unspecified atom stereocenters. The number of carbonyl (C=O) groups excluding carboxylic acids is 1. The predicted octanol–water partition coefficient (Wildman–Crippen LogP) is 4.25. The van der Waals surface area contributed by atoms with Crippen molar-refractivity contribution in [3.63, 3.8) is 0 Å². The van der Waals surface area contributed by atoms with Crippen molar-refractivity contribution in [3.8, 4) is 6.07 Å². The highest BCUT2D eigenvalue weighted by atomic mass is 32.2. The molecule has 2 N–H and O–H groups in total. The summed E-state index contributed by atoms with van der Waals surface area (Å²) in [6, 6.07) is 6.35. The third-order valence-corrected chi connectivity index (χ3v) is 7.54. The number of rotatable bonds is 6. The Morgan fingerprint density at radius 3 is 3.21 bits per heavy atom. The lowest BCUT2D eigenvalue weighted by molar-refractivity contribution is -0.113. The van der Waals surface area contributed by atoms with Crippen molar-refractivity contribution < 1.29 is 4.79 Å². The summed E-state index contributed by atoms with van der Waals surface area (Å²) in [7, 11) is 0. The lowest BCUT2D eigenvalue weighted by Crippen LogP contribution is -2.14. The van der Waals surface area contributed by atoms with Crippen molar-refractivity contribution in [3.05, 3.63) is 44.2 Å². The Bertz CT molecular complexity index is 1020. The van der Waals surface area contributed by atoms with E-state index >= 15 is 0 Å². The molecule has 0 saturated carbocycles. The van der Waals surface area contributed by atoms with E-state index in [0.29, 0.717) is 28.1 Å². The zero-order chi connectivity index (χ0) is 19.5. The highest BCUT2D eigenvalue weighted by molar-refractivity contribution is 7.99. The quantitative estimate of drug-likeness (QED) is 0.571. The molecule has 0 spiro atoms. The first-order valence-corrected chi connectivity index (χ1v) is 11.7. The van der Waals surface area contributed by atoms with Gasteiger partial charge in [-0.3, -0.25) is 9.89 Å². The fourth-order valence-electron chi connectivity index (χ4n) is 3.25. The number of nitrogens with one attached hydrogen (secondary N) is 2. The molecule has 9 heteroatoms. The van der Waals surface area contributed by atoms with Crippen LogP contribution in [0.3, 0.4) is 0 Å². The molecule has 1 atom stereocenters. The van der Waals surface area contributed by atoms with E-state index in [1.807, 2.05) is 11.4 Å². The fraction of sp³-hybridized carbons (Fsp3) is 0.368. The predicted molar refractivity (Wildman–Crippen MR) is 113 cm³/mol. The molecule has 0 radical (unpaired) electrons. The van der Waals surface area contributed by atoms with Crippen LogP contribution >= 0.6 is 34.4 Å². The van der Waals surface area contributed by atoms with Gasteiger partial charge in [-0.15, -0.1) is 27.8 Å². The zero-order valence-electron chi connectivity index (χ0n) is 15.3. The molecule has 3 heterocycles. The summed E-state index contributed by atoms with van der Waals surface area (Å²) in [6.45, 7) is 2.23. The van der Waals surface area contributed by atoms with Crippen LogP contribution in [-0.4, -0.2) is 26.8 Å². The second-order valence-electron chi connectivity index (χ2n) is 6.83. The van der Waals surface area contributed by atoms with Crippen molar-refractivity contribution in [1.82, 2.24) is 15.2 Å². The van der Waals surface area contributed by atoms with Gasteiger partial charge in [-0.1, -0.05) is 24.8 Å². The van der Waals surface area contributed by atoms with Gasteiger partial charge in [0.15, 0.2) is 0 Å². The highest BCUT2D eigenvalue weighted by Gasteiger charge is 2.24. The number of aromatic nitrogens is 3. The summed E-state index contributed by atoms with van der Waals surface area (Å²) in [5.41, 5.74) is 1.77. The average Bonchev–Trinajstić information content (AvgIpc) is 3.40. The van der Waals surface area contributed by atoms with Crippen molar-refractivity contribution in [2.45, 2.75) is 37.8 Å². The van der Waals surface area contributed by atoms with E-state index < -0.39 is 0 Å². The van der Waals surface area contributed by atoms with Gasteiger partial charge in [-0.25, -0.2) is 4.98 Å². The number of amides is 1. The number of thioether (sulfide) groups is 1. The van der Waals surface area contributed by atoms with Crippen molar-refractivity contribution in [1.29, 1.82) is 5.26 Å². The number of carbonyl (C=O) groups is 1. The van der Waals surface area contributed by atoms with E-state index in [-0.39, 0.29) is 11.7 Å². The monoisotopic (exact) mass is 429 g/mol. The Balaban J connectivity index is 1.35. The van der Waals surface area contributed by atoms with Crippen LogP contribution in [0.25, 0.3) is 0 Å². The standard InChI is InChI=1S/C19H19N5OS3/c1-11-4-5-13-14(9-20)18(28-15(13)7-11)22-17(25)10-27-19-21-16(23-24-19)8-12-3-2-6-26-12/h2-3,6,11H,4-5,7-8,10H2,1H3,(H,22,25)(H,21,23,24). The second kappa shape index (κ2) is 8.47. The van der Waals surface area contributed by atoms with Crippen LogP contribution in [0.1, 0.15) is 40.1 Å². The largest absolute Gasteiger partial charge is 0.316 e. The SMILES string of the molecule is CC1CCc2c(sc(NC(=O)CSc3n[nH]c(Cc4cccs4)n3)c2C#N)C1. The fourth-order valence-corrected chi connectivity index (χ4v) is 5.95. The highest BCUT2D eigenvalue weighted by Crippen LogP contribution is 2.39. The van der Waals surface area contributed by atoms with Crippen LogP contribution in [-0.2, 0) is 24.1 Å². The summed E-state index contributed by atoms with van der Waals surface area (Å²) < 4.78 is 0. The second-order valence-corrected chi connectivity index (χ2v) is 9.91. The average molecular weight is 430 g/mol. The maximum atomic E-state index is 12.4. The van der Waals surface area contributed by atoms with Gasteiger partial charge in [0.1, 0.15) is 16.9 Å². The number of nitrogens with zero attached hydrogens (tertiary/aromatic N) is 3. The Hall–Kier alpha value is -2.15. The first kappa shape index (κ1) is 19.2. The van der Waals surface area contributed by atoms with E-state index in [2.05, 4.69) is 39.6 Å². The minimum Gasteiger partial charge on any atom is -0.316 e. The Kier molecular flexibility index (Phi) is 5.80. The van der Waals surface area contributed by atoms with Crippen LogP contribution in [0.2, 0.25) is 0 Å². The molecule has 1 amide bonds. The van der Waals surface area contributed by atoms with Crippen molar-refractivity contribution >= 4 is 45.3 Å². The van der Waals surface area contributed by atoms with Gasteiger partial charge < -0.3 is 5.32 Å². The van der Waals surface area contributed by atoms with Gasteiger partial charge in [0, 0.05) is 16.2 Å². The van der Waals surface area contributed by atoms with Crippen LogP contribution in [0, 0.1) is 17.2 Å². The molecule has 6 nitrogen and oxygen atoms in total. The minimum absolute atomic E-state index is 0.141. The molecule has 0 aromatic carbocycles. The van der Waals surface area contributed by atoms with E-state index in [1.54, 1.807) is 22.7 Å². The van der Waals surface area contributed by atoms with Gasteiger partial charge in [0.2, 0.25) is 11.1 Å². The zero-order valence-corrected chi connectivity index (χ0v) is 17.8. The first-order valence-electron chi connectivity index (χ1n) is 9.03. The molecule has 1 aliphatic rings. The number of nitriles is 1. The van der Waals surface area contributed by atoms with Gasteiger partial charge in [-0.2, -0.15) is 5.26 Å². The summed E-state index contributed by atoms with van der Waals surface area (Å²) in [4.78, 5) is 19.3. The van der Waals surface area contributed by atoms with Crippen LogP contribution in [0.4, 0.5) is 5.00 Å². The number of H-pyrrole nitrogens is 1. The Morgan fingerprint density at radius 1 is 1.54 bits per heavy atom. The van der Waals surface area contributed by atoms with Gasteiger partial charge >= 0.3 is 0 Å². The lowest BCUT2D eigenvalue weighted by Gasteiger charge is -2.17. The molecule has 4 rings (SSSR count). The molecule has 144 valence electrons. The maximum absolute atomic E-state index is 12.4. The molecule has 0 aliphatic heterocycles. The van der Waals surface area contributed by atoms with E-state index in [9.17, 15) is 10.1 Å². The molecule has 3 aromatic heterocycles. The Labute approximate surface area is 175 Å². The first-order chi connectivity index (χ1) is 13.6. The lowest BCUT2D eigenvalue weighted by atomic mass is 9.89. The summed E-state index contributed by atoms with van der Waals surface area (Å²) in [5, 5.41) is 22.8.